The molecule has 1 aromatic rings. The van der Waals surface area contributed by atoms with Gasteiger partial charge in [-0.3, -0.25) is 4.79 Å². The molecule has 0 spiro atoms. The van der Waals surface area contributed by atoms with E-state index >= 15 is 0 Å². The average Bonchev–Trinajstić information content (AvgIpc) is 2.49. The smallest absolute Gasteiger partial charge is 0.252 e. The summed E-state index contributed by atoms with van der Waals surface area (Å²) in [5.74, 6) is 5.11. The summed E-state index contributed by atoms with van der Waals surface area (Å²) in [7, 11) is 3.15. The molecule has 0 bridgehead atoms. The largest absolute Gasteiger partial charge is 0.384 e. The lowest BCUT2D eigenvalue weighted by Gasteiger charge is -2.15. The van der Waals surface area contributed by atoms with Gasteiger partial charge in [0.25, 0.3) is 5.91 Å². The molecule has 0 aliphatic rings. The molecule has 5 nitrogen and oxygen atoms in total. The summed E-state index contributed by atoms with van der Waals surface area (Å²) in [5.41, 5.74) is 2.05. The Hall–Kier alpha value is -1.87. The first-order chi connectivity index (χ1) is 10.1. The van der Waals surface area contributed by atoms with Crippen molar-refractivity contribution >= 4 is 5.91 Å². The second-order valence-corrected chi connectivity index (χ2v) is 4.53. The van der Waals surface area contributed by atoms with Gasteiger partial charge in [0.15, 0.2) is 0 Å². The highest BCUT2D eigenvalue weighted by Gasteiger charge is 2.13. The summed E-state index contributed by atoms with van der Waals surface area (Å²) in [4.78, 5) is 12.3. The maximum Gasteiger partial charge on any atom is 0.252 e. The number of amides is 1. The van der Waals surface area contributed by atoms with E-state index in [4.69, 9.17) is 14.6 Å². The van der Waals surface area contributed by atoms with E-state index in [-0.39, 0.29) is 18.6 Å². The van der Waals surface area contributed by atoms with Gasteiger partial charge in [-0.2, -0.15) is 0 Å². The molecule has 1 unspecified atom stereocenters. The lowest BCUT2D eigenvalue weighted by Crippen LogP contribution is -2.35. The first-order valence-corrected chi connectivity index (χ1v) is 6.62. The molecule has 114 valence electrons. The van der Waals surface area contributed by atoms with Crippen molar-refractivity contribution in [3.8, 4) is 11.8 Å². The van der Waals surface area contributed by atoms with Crippen LogP contribution in [0.1, 0.15) is 21.5 Å². The Labute approximate surface area is 125 Å². The SMILES string of the molecule is COCC(CNC(=O)c1cc(C)ccc1C#CCO)OC. The van der Waals surface area contributed by atoms with Gasteiger partial charge in [0.1, 0.15) is 6.61 Å². The highest BCUT2D eigenvalue weighted by Crippen LogP contribution is 2.11. The molecule has 0 radical (unpaired) electrons. The number of ether oxygens (including phenoxy) is 2. The summed E-state index contributed by atoms with van der Waals surface area (Å²) in [5, 5.41) is 11.6. The molecular weight excluding hydrogens is 270 g/mol. The zero-order chi connectivity index (χ0) is 15.7. The van der Waals surface area contributed by atoms with Crippen molar-refractivity contribution in [1.82, 2.24) is 5.32 Å². The van der Waals surface area contributed by atoms with Gasteiger partial charge in [-0.25, -0.2) is 0 Å². The minimum Gasteiger partial charge on any atom is -0.384 e. The van der Waals surface area contributed by atoms with Crippen molar-refractivity contribution in [3.05, 3.63) is 34.9 Å². The molecule has 0 aromatic heterocycles. The summed E-state index contributed by atoms with van der Waals surface area (Å²) in [6.07, 6.45) is -0.198. The van der Waals surface area contributed by atoms with Crippen molar-refractivity contribution in [2.45, 2.75) is 13.0 Å². The molecule has 21 heavy (non-hydrogen) atoms. The number of carbonyl (C=O) groups is 1. The van der Waals surface area contributed by atoms with E-state index < -0.39 is 0 Å². The lowest BCUT2D eigenvalue weighted by atomic mass is 10.0. The summed E-state index contributed by atoms with van der Waals surface area (Å²) in [6.45, 7) is 2.42. The molecule has 0 aliphatic heterocycles. The van der Waals surface area contributed by atoms with Crippen molar-refractivity contribution in [2.75, 3.05) is 34.0 Å². The highest BCUT2D eigenvalue weighted by atomic mass is 16.5. The van der Waals surface area contributed by atoms with Gasteiger partial charge in [-0.05, 0) is 19.1 Å². The number of rotatable bonds is 6. The third-order valence-corrected chi connectivity index (χ3v) is 2.90. The maximum absolute atomic E-state index is 12.3. The van der Waals surface area contributed by atoms with Gasteiger partial charge in [-0.1, -0.05) is 23.5 Å². The zero-order valence-electron chi connectivity index (χ0n) is 12.6. The molecule has 0 fully saturated rings. The van der Waals surface area contributed by atoms with Crippen molar-refractivity contribution in [2.24, 2.45) is 0 Å². The van der Waals surface area contributed by atoms with Gasteiger partial charge < -0.3 is 19.9 Å². The van der Waals surface area contributed by atoms with Crippen molar-refractivity contribution in [3.63, 3.8) is 0 Å². The predicted octanol–water partition coefficient (Wildman–Crippen LogP) is 0.730. The maximum atomic E-state index is 12.3. The topological polar surface area (TPSA) is 67.8 Å². The van der Waals surface area contributed by atoms with E-state index in [1.807, 2.05) is 13.0 Å². The molecule has 0 heterocycles. The van der Waals surface area contributed by atoms with Gasteiger partial charge in [0, 0.05) is 26.3 Å². The number of methoxy groups -OCH3 is 2. The number of nitrogens with one attached hydrogen (secondary N) is 1. The minimum absolute atomic E-state index is 0.198. The van der Waals surface area contributed by atoms with Crippen LogP contribution < -0.4 is 5.32 Å². The molecule has 1 rings (SSSR count). The van der Waals surface area contributed by atoms with E-state index in [2.05, 4.69) is 17.2 Å². The summed E-state index contributed by atoms with van der Waals surface area (Å²) in [6, 6.07) is 5.42. The van der Waals surface area contributed by atoms with Crippen LogP contribution in [0.5, 0.6) is 0 Å². The fourth-order valence-corrected chi connectivity index (χ4v) is 1.79. The van der Waals surface area contributed by atoms with Gasteiger partial charge in [-0.15, -0.1) is 0 Å². The van der Waals surface area contributed by atoms with Crippen LogP contribution in [-0.2, 0) is 9.47 Å². The number of benzene rings is 1. The van der Waals surface area contributed by atoms with Crippen LogP contribution in [0, 0.1) is 18.8 Å². The van der Waals surface area contributed by atoms with E-state index in [1.165, 1.54) is 0 Å². The Morgan fingerprint density at radius 1 is 1.43 bits per heavy atom. The van der Waals surface area contributed by atoms with E-state index in [0.717, 1.165) is 5.56 Å². The first kappa shape index (κ1) is 17.2. The number of aliphatic hydroxyl groups excluding tert-OH is 1. The molecule has 5 heteroatoms. The Morgan fingerprint density at radius 3 is 2.81 bits per heavy atom. The fourth-order valence-electron chi connectivity index (χ4n) is 1.79. The average molecular weight is 291 g/mol. The number of hydrogen-bond donors (Lipinski definition) is 2. The molecule has 0 aliphatic carbocycles. The third kappa shape index (κ3) is 5.56. The van der Waals surface area contributed by atoms with Crippen molar-refractivity contribution in [1.29, 1.82) is 0 Å². The Kier molecular flexibility index (Phi) is 7.48. The standard InChI is InChI=1S/C16H21NO4/c1-12-6-7-13(5-4-8-18)15(9-12)16(19)17-10-14(21-3)11-20-2/h6-7,9,14,18H,8,10-11H2,1-3H3,(H,17,19). The fraction of sp³-hybridized carbons (Fsp3) is 0.438. The molecule has 0 saturated carbocycles. The predicted molar refractivity (Wildman–Crippen MR) is 80.1 cm³/mol. The number of aryl methyl sites for hydroxylation is 1. The quantitative estimate of drug-likeness (QED) is 0.758. The molecule has 2 N–H and O–H groups in total. The van der Waals surface area contributed by atoms with Crippen LogP contribution in [0.15, 0.2) is 18.2 Å². The van der Waals surface area contributed by atoms with E-state index in [0.29, 0.717) is 24.3 Å². The van der Waals surface area contributed by atoms with Crippen LogP contribution in [-0.4, -0.2) is 51.1 Å². The number of aliphatic hydroxyl groups is 1. The van der Waals surface area contributed by atoms with Crippen LogP contribution in [0.25, 0.3) is 0 Å². The zero-order valence-corrected chi connectivity index (χ0v) is 12.6. The normalized spacial score (nSPS) is 11.4. The van der Waals surface area contributed by atoms with E-state index in [1.54, 1.807) is 26.4 Å². The van der Waals surface area contributed by atoms with Crippen LogP contribution in [0.3, 0.4) is 0 Å². The van der Waals surface area contributed by atoms with Crippen molar-refractivity contribution < 1.29 is 19.4 Å². The first-order valence-electron chi connectivity index (χ1n) is 6.62. The molecular formula is C16H21NO4. The lowest BCUT2D eigenvalue weighted by molar-refractivity contribution is 0.0285. The third-order valence-electron chi connectivity index (χ3n) is 2.90. The Bertz CT molecular complexity index is 531. The second-order valence-electron chi connectivity index (χ2n) is 4.53. The van der Waals surface area contributed by atoms with E-state index in [9.17, 15) is 4.79 Å². The highest BCUT2D eigenvalue weighted by molar-refractivity contribution is 5.97. The van der Waals surface area contributed by atoms with Gasteiger partial charge in [0.05, 0.1) is 18.3 Å². The summed E-state index contributed by atoms with van der Waals surface area (Å²) < 4.78 is 10.2. The minimum atomic E-state index is -0.242. The number of carbonyl (C=O) groups excluding carboxylic acids is 1. The second kappa shape index (κ2) is 9.14. The molecule has 1 atom stereocenters. The Balaban J connectivity index is 2.83. The van der Waals surface area contributed by atoms with Gasteiger partial charge >= 0.3 is 0 Å². The summed E-state index contributed by atoms with van der Waals surface area (Å²) >= 11 is 0. The molecule has 1 aromatic carbocycles. The molecule has 1 amide bonds. The van der Waals surface area contributed by atoms with Gasteiger partial charge in [0.2, 0.25) is 0 Å². The van der Waals surface area contributed by atoms with Crippen LogP contribution in [0.2, 0.25) is 0 Å². The Morgan fingerprint density at radius 2 is 2.19 bits per heavy atom. The molecule has 0 saturated heterocycles. The monoisotopic (exact) mass is 291 g/mol. The van der Waals surface area contributed by atoms with Crippen LogP contribution >= 0.6 is 0 Å². The number of hydrogen-bond acceptors (Lipinski definition) is 4. The van der Waals surface area contributed by atoms with Crippen LogP contribution in [0.4, 0.5) is 0 Å².